The number of hydrazine groups is 1. The monoisotopic (exact) mass is 429 g/mol. The Labute approximate surface area is 186 Å². The van der Waals surface area contributed by atoms with E-state index in [2.05, 4.69) is 16.9 Å². The third-order valence-electron chi connectivity index (χ3n) is 4.48. The molecule has 0 spiro atoms. The lowest BCUT2D eigenvalue weighted by Gasteiger charge is -2.11. The Morgan fingerprint density at radius 1 is 0.750 bits per heavy atom. The lowest BCUT2D eigenvalue weighted by Crippen LogP contribution is -2.45. The molecule has 0 aliphatic carbocycles. The molecule has 0 saturated carbocycles. The first kappa shape index (κ1) is 22.4. The third kappa shape index (κ3) is 6.61. The first-order valence-corrected chi connectivity index (χ1v) is 9.95. The Kier molecular flexibility index (Phi) is 7.44. The summed E-state index contributed by atoms with van der Waals surface area (Å²) in [5.41, 5.74) is 9.19. The van der Waals surface area contributed by atoms with Gasteiger partial charge in [0.15, 0.2) is 13.2 Å². The summed E-state index contributed by atoms with van der Waals surface area (Å²) in [6.07, 6.45) is 0. The highest BCUT2D eigenvalue weighted by atomic mass is 16.5. The van der Waals surface area contributed by atoms with Gasteiger partial charge in [0.1, 0.15) is 11.5 Å². The molecular formula is C25H23N3O4. The van der Waals surface area contributed by atoms with Gasteiger partial charge in [-0.2, -0.15) is 5.26 Å². The smallest absolute Gasteiger partial charge is 0.276 e. The number of hydrogen-bond acceptors (Lipinski definition) is 5. The van der Waals surface area contributed by atoms with Gasteiger partial charge in [0.05, 0.1) is 11.6 Å². The SMILES string of the molecule is Cc1cc(C)cc(OCC(=O)NNC(=O)COc2ccc(-c3ccc(C#N)cc3)cc2)c1. The van der Waals surface area contributed by atoms with E-state index in [4.69, 9.17) is 14.7 Å². The second kappa shape index (κ2) is 10.6. The van der Waals surface area contributed by atoms with Crippen LogP contribution in [0.2, 0.25) is 0 Å². The van der Waals surface area contributed by atoms with E-state index < -0.39 is 11.8 Å². The quantitative estimate of drug-likeness (QED) is 0.561. The molecule has 0 aliphatic rings. The van der Waals surface area contributed by atoms with Crippen LogP contribution in [0.3, 0.4) is 0 Å². The van der Waals surface area contributed by atoms with Crippen LogP contribution in [0.5, 0.6) is 11.5 Å². The van der Waals surface area contributed by atoms with E-state index in [1.807, 2.05) is 56.3 Å². The highest BCUT2D eigenvalue weighted by Crippen LogP contribution is 2.22. The standard InChI is InChI=1S/C25H23N3O4/c1-17-11-18(2)13-23(12-17)32-16-25(30)28-27-24(29)15-31-22-9-7-21(8-10-22)20-5-3-19(14-26)4-6-20/h3-13H,15-16H2,1-2H3,(H,27,29)(H,28,30). The van der Waals surface area contributed by atoms with Crippen LogP contribution in [0.15, 0.2) is 66.7 Å². The van der Waals surface area contributed by atoms with Gasteiger partial charge in [0, 0.05) is 0 Å². The fourth-order valence-corrected chi connectivity index (χ4v) is 3.01. The summed E-state index contributed by atoms with van der Waals surface area (Å²) < 4.78 is 10.9. The van der Waals surface area contributed by atoms with Crippen LogP contribution in [0.4, 0.5) is 0 Å². The van der Waals surface area contributed by atoms with Crippen LogP contribution in [0.25, 0.3) is 11.1 Å². The first-order chi connectivity index (χ1) is 15.4. The van der Waals surface area contributed by atoms with Crippen LogP contribution in [-0.2, 0) is 9.59 Å². The molecule has 3 aromatic rings. The lowest BCUT2D eigenvalue weighted by atomic mass is 10.0. The van der Waals surface area contributed by atoms with Gasteiger partial charge in [0.2, 0.25) is 0 Å². The minimum Gasteiger partial charge on any atom is -0.484 e. The van der Waals surface area contributed by atoms with E-state index in [9.17, 15) is 9.59 Å². The van der Waals surface area contributed by atoms with Crippen molar-refractivity contribution in [1.82, 2.24) is 10.9 Å². The van der Waals surface area contributed by atoms with Crippen molar-refractivity contribution in [1.29, 1.82) is 5.26 Å². The summed E-state index contributed by atoms with van der Waals surface area (Å²) in [7, 11) is 0. The van der Waals surface area contributed by atoms with Gasteiger partial charge in [-0.15, -0.1) is 0 Å². The zero-order valence-corrected chi connectivity index (χ0v) is 17.8. The molecule has 162 valence electrons. The number of nitrogens with zero attached hydrogens (tertiary/aromatic N) is 1. The summed E-state index contributed by atoms with van der Waals surface area (Å²) in [5.74, 6) is 0.129. The molecule has 2 amide bonds. The van der Waals surface area contributed by atoms with Crippen molar-refractivity contribution in [2.75, 3.05) is 13.2 Å². The predicted molar refractivity (Wildman–Crippen MR) is 120 cm³/mol. The van der Waals surface area contributed by atoms with Crippen molar-refractivity contribution < 1.29 is 19.1 Å². The molecule has 2 N–H and O–H groups in total. The molecule has 0 fully saturated rings. The molecular weight excluding hydrogens is 406 g/mol. The number of aryl methyl sites for hydroxylation is 2. The summed E-state index contributed by atoms with van der Waals surface area (Å²) in [5, 5.41) is 8.87. The van der Waals surface area contributed by atoms with Crippen LogP contribution >= 0.6 is 0 Å². The molecule has 0 saturated heterocycles. The van der Waals surface area contributed by atoms with Gasteiger partial charge in [0.25, 0.3) is 11.8 Å². The van der Waals surface area contributed by atoms with Crippen molar-refractivity contribution in [2.24, 2.45) is 0 Å². The van der Waals surface area contributed by atoms with Crippen LogP contribution in [0.1, 0.15) is 16.7 Å². The van der Waals surface area contributed by atoms with Gasteiger partial charge in [-0.1, -0.05) is 30.3 Å². The molecule has 0 radical (unpaired) electrons. The van der Waals surface area contributed by atoms with E-state index in [0.29, 0.717) is 17.1 Å². The van der Waals surface area contributed by atoms with Gasteiger partial charge in [-0.3, -0.25) is 20.4 Å². The first-order valence-electron chi connectivity index (χ1n) is 9.95. The summed E-state index contributed by atoms with van der Waals surface area (Å²) in [6, 6.07) is 22.2. The lowest BCUT2D eigenvalue weighted by molar-refractivity contribution is -0.131. The number of amides is 2. The van der Waals surface area contributed by atoms with Crippen LogP contribution < -0.4 is 20.3 Å². The Morgan fingerprint density at radius 3 is 1.72 bits per heavy atom. The van der Waals surface area contributed by atoms with Gasteiger partial charge < -0.3 is 9.47 Å². The molecule has 0 aromatic heterocycles. The fraction of sp³-hybridized carbons (Fsp3) is 0.160. The predicted octanol–water partition coefficient (Wildman–Crippen LogP) is 3.45. The van der Waals surface area contributed by atoms with E-state index in [1.54, 1.807) is 24.3 Å². The molecule has 0 atom stereocenters. The molecule has 7 heteroatoms. The normalized spacial score (nSPS) is 10.0. The maximum atomic E-state index is 11.9. The van der Waals surface area contributed by atoms with Gasteiger partial charge >= 0.3 is 0 Å². The second-order valence-corrected chi connectivity index (χ2v) is 7.21. The number of rotatable bonds is 7. The minimum absolute atomic E-state index is 0.221. The topological polar surface area (TPSA) is 100 Å². The Bertz CT molecular complexity index is 1110. The molecule has 7 nitrogen and oxygen atoms in total. The average molecular weight is 429 g/mol. The molecule has 0 heterocycles. The third-order valence-corrected chi connectivity index (χ3v) is 4.48. The zero-order valence-electron chi connectivity index (χ0n) is 17.8. The molecule has 3 rings (SSSR count). The Balaban J connectivity index is 1.40. The van der Waals surface area contributed by atoms with Crippen molar-refractivity contribution in [3.8, 4) is 28.7 Å². The molecule has 0 aliphatic heterocycles. The van der Waals surface area contributed by atoms with Crippen molar-refractivity contribution in [3.63, 3.8) is 0 Å². The van der Waals surface area contributed by atoms with E-state index in [0.717, 1.165) is 22.3 Å². The second-order valence-electron chi connectivity index (χ2n) is 7.21. The number of carbonyl (C=O) groups excluding carboxylic acids is 2. The van der Waals surface area contributed by atoms with Crippen molar-refractivity contribution in [3.05, 3.63) is 83.4 Å². The molecule has 0 unspecified atom stereocenters. The maximum absolute atomic E-state index is 11.9. The van der Waals surface area contributed by atoms with Gasteiger partial charge in [-0.25, -0.2) is 0 Å². The Hall–Kier alpha value is -4.31. The number of nitrogens with one attached hydrogen (secondary N) is 2. The fourth-order valence-electron chi connectivity index (χ4n) is 3.01. The average Bonchev–Trinajstić information content (AvgIpc) is 2.80. The molecule has 3 aromatic carbocycles. The van der Waals surface area contributed by atoms with E-state index in [-0.39, 0.29) is 13.2 Å². The summed E-state index contributed by atoms with van der Waals surface area (Å²) in [6.45, 7) is 3.41. The summed E-state index contributed by atoms with van der Waals surface area (Å²) >= 11 is 0. The summed E-state index contributed by atoms with van der Waals surface area (Å²) in [4.78, 5) is 23.8. The minimum atomic E-state index is -0.499. The highest BCUT2D eigenvalue weighted by Gasteiger charge is 2.07. The Morgan fingerprint density at radius 2 is 1.22 bits per heavy atom. The molecule has 0 bridgehead atoms. The largest absolute Gasteiger partial charge is 0.484 e. The van der Waals surface area contributed by atoms with E-state index >= 15 is 0 Å². The van der Waals surface area contributed by atoms with Crippen LogP contribution in [-0.4, -0.2) is 25.0 Å². The maximum Gasteiger partial charge on any atom is 0.276 e. The van der Waals surface area contributed by atoms with Crippen molar-refractivity contribution in [2.45, 2.75) is 13.8 Å². The van der Waals surface area contributed by atoms with E-state index in [1.165, 1.54) is 0 Å². The van der Waals surface area contributed by atoms with Gasteiger partial charge in [-0.05, 0) is 72.5 Å². The number of carbonyl (C=O) groups is 2. The highest BCUT2D eigenvalue weighted by molar-refractivity contribution is 5.83. The zero-order chi connectivity index (χ0) is 22.9. The molecule has 32 heavy (non-hydrogen) atoms. The number of nitriles is 1. The number of benzene rings is 3. The number of hydrogen-bond donors (Lipinski definition) is 2. The number of ether oxygens (including phenoxy) is 2. The van der Waals surface area contributed by atoms with Crippen molar-refractivity contribution >= 4 is 11.8 Å². The van der Waals surface area contributed by atoms with Crippen LogP contribution in [0, 0.1) is 25.2 Å².